The van der Waals surface area contributed by atoms with Gasteiger partial charge in [0.15, 0.2) is 5.75 Å². The molecule has 54 heavy (non-hydrogen) atoms. The third kappa shape index (κ3) is 8.09. The maximum atomic E-state index is 13.8. The van der Waals surface area contributed by atoms with Gasteiger partial charge in [0.1, 0.15) is 16.4 Å². The molecule has 12 nitrogen and oxygen atoms in total. The normalized spacial score (nSPS) is 16.4. The fraction of sp³-hybridized carbons (Fsp3) is 0.282. The van der Waals surface area contributed by atoms with E-state index in [0.717, 1.165) is 62.5 Å². The minimum Gasteiger partial charge on any atom is -0.453 e. The first kappa shape index (κ1) is 37.4. The average Bonchev–Trinajstić information content (AvgIpc) is 3.61. The van der Waals surface area contributed by atoms with Crippen molar-refractivity contribution in [2.45, 2.75) is 38.0 Å². The lowest BCUT2D eigenvalue weighted by molar-refractivity contribution is -0.384. The second-order valence-electron chi connectivity index (χ2n) is 14.3. The highest BCUT2D eigenvalue weighted by atomic mass is 35.5. The van der Waals surface area contributed by atoms with Crippen LogP contribution in [0.1, 0.15) is 49.0 Å². The van der Waals surface area contributed by atoms with Crippen LogP contribution >= 0.6 is 23.2 Å². The number of pyridine rings is 1. The van der Waals surface area contributed by atoms with E-state index in [1.165, 1.54) is 29.0 Å². The van der Waals surface area contributed by atoms with Crippen molar-refractivity contribution in [2.75, 3.05) is 37.6 Å². The van der Waals surface area contributed by atoms with Crippen LogP contribution in [0.3, 0.4) is 0 Å². The van der Waals surface area contributed by atoms with Gasteiger partial charge < -0.3 is 14.6 Å². The van der Waals surface area contributed by atoms with Gasteiger partial charge >= 0.3 is 0 Å². The Morgan fingerprint density at radius 3 is 2.54 bits per heavy atom. The Bertz CT molecular complexity index is 2390. The first-order valence-electron chi connectivity index (χ1n) is 17.5. The minimum atomic E-state index is -4.55. The highest BCUT2D eigenvalue weighted by Crippen LogP contribution is 2.44. The number of H-pyrrole nitrogens is 1. The standard InChI is InChI=1S/C39H38Cl2N6O6S/c1-39(2)14-12-27(32(22-39)25-6-8-28(40)9-7-25)24-45-16-18-46(19-17-45)34-5-3-4-31(36(34)53-29-20-26-13-15-42-37(26)43-23-29)38(48)44-54(51,52)30-10-11-33(41)35(21-30)47(49)50/h3-11,13,15,20-21,23H,12,14,16-19,22,24H2,1-2H3,(H,42,43)(H,44,48). The van der Waals surface area contributed by atoms with Crippen LogP contribution in [0.4, 0.5) is 11.4 Å². The van der Waals surface area contributed by atoms with Gasteiger partial charge in [0.2, 0.25) is 0 Å². The lowest BCUT2D eigenvalue weighted by Gasteiger charge is -2.39. The third-order valence-electron chi connectivity index (χ3n) is 9.99. The van der Waals surface area contributed by atoms with E-state index in [2.05, 4.69) is 50.5 Å². The van der Waals surface area contributed by atoms with Crippen molar-refractivity contribution < 1.29 is 22.9 Å². The van der Waals surface area contributed by atoms with Crippen molar-refractivity contribution in [3.63, 3.8) is 0 Å². The molecule has 2 N–H and O–H groups in total. The number of fused-ring (bicyclic) bond motifs is 1. The number of nitro groups is 1. The van der Waals surface area contributed by atoms with Crippen LogP contribution in [-0.4, -0.2) is 66.8 Å². The number of hydrogen-bond donors (Lipinski definition) is 2. The molecule has 1 saturated heterocycles. The second-order valence-corrected chi connectivity index (χ2v) is 16.9. The monoisotopic (exact) mass is 788 g/mol. The molecule has 1 aliphatic heterocycles. The number of aromatic nitrogens is 2. The summed E-state index contributed by atoms with van der Waals surface area (Å²) in [4.78, 5) is 36.0. The van der Waals surface area contributed by atoms with Gasteiger partial charge in [-0.3, -0.25) is 19.8 Å². The van der Waals surface area contributed by atoms with Crippen molar-refractivity contribution in [2.24, 2.45) is 5.41 Å². The van der Waals surface area contributed by atoms with E-state index in [1.807, 2.05) is 24.3 Å². The summed E-state index contributed by atoms with van der Waals surface area (Å²) in [6.07, 6.45) is 6.40. The molecule has 15 heteroatoms. The number of aromatic amines is 1. The second kappa shape index (κ2) is 15.1. The number of allylic oxidation sites excluding steroid dienone is 1. The molecule has 280 valence electrons. The van der Waals surface area contributed by atoms with Crippen molar-refractivity contribution in [1.82, 2.24) is 19.6 Å². The summed E-state index contributed by atoms with van der Waals surface area (Å²) < 4.78 is 35.2. The van der Waals surface area contributed by atoms with Crippen LogP contribution in [-0.2, 0) is 10.0 Å². The van der Waals surface area contributed by atoms with Crippen LogP contribution < -0.4 is 14.4 Å². The number of sulfonamides is 1. The Morgan fingerprint density at radius 1 is 1.04 bits per heavy atom. The molecule has 3 heterocycles. The summed E-state index contributed by atoms with van der Waals surface area (Å²) in [5, 5.41) is 12.7. The minimum absolute atomic E-state index is 0.0429. The number of rotatable bonds is 10. The maximum Gasteiger partial charge on any atom is 0.289 e. The lowest BCUT2D eigenvalue weighted by atomic mass is 9.72. The number of amides is 1. The van der Waals surface area contributed by atoms with Gasteiger partial charge in [0.25, 0.3) is 21.6 Å². The van der Waals surface area contributed by atoms with Gasteiger partial charge in [0, 0.05) is 55.4 Å². The number of para-hydroxylation sites is 1. The number of halogens is 2. The summed E-state index contributed by atoms with van der Waals surface area (Å²) in [7, 11) is -4.55. The summed E-state index contributed by atoms with van der Waals surface area (Å²) in [6.45, 7) is 8.22. The van der Waals surface area contributed by atoms with Crippen molar-refractivity contribution in [1.29, 1.82) is 0 Å². The van der Waals surface area contributed by atoms with Crippen LogP contribution in [0.15, 0.2) is 95.7 Å². The van der Waals surface area contributed by atoms with Crippen molar-refractivity contribution in [3.8, 4) is 11.5 Å². The zero-order chi connectivity index (χ0) is 38.2. The number of carbonyl (C=O) groups is 1. The molecular formula is C39H38Cl2N6O6S. The molecule has 3 aromatic carbocycles. The molecule has 7 rings (SSSR count). The van der Waals surface area contributed by atoms with Gasteiger partial charge in [-0.15, -0.1) is 0 Å². The SMILES string of the molecule is CC1(C)CCC(CN2CCN(c3cccc(C(=O)NS(=O)(=O)c4ccc(Cl)c([N+](=O)[O-])c4)c3Oc3cnc4[nH]ccc4c3)CC2)=C(c2ccc(Cl)cc2)C1. The van der Waals surface area contributed by atoms with E-state index in [9.17, 15) is 23.3 Å². The third-order valence-corrected chi connectivity index (χ3v) is 11.9. The van der Waals surface area contributed by atoms with Crippen LogP contribution in [0, 0.1) is 15.5 Å². The van der Waals surface area contributed by atoms with Gasteiger partial charge in [-0.2, -0.15) is 0 Å². The van der Waals surface area contributed by atoms with Crippen molar-refractivity contribution in [3.05, 3.63) is 122 Å². The number of anilines is 1. The molecule has 1 amide bonds. The average molecular weight is 790 g/mol. The topological polar surface area (TPSA) is 151 Å². The largest absolute Gasteiger partial charge is 0.453 e. The molecule has 0 bridgehead atoms. The molecular weight excluding hydrogens is 751 g/mol. The van der Waals surface area contributed by atoms with E-state index in [4.69, 9.17) is 27.9 Å². The Morgan fingerprint density at radius 2 is 1.80 bits per heavy atom. The Hall–Kier alpha value is -4.95. The van der Waals surface area contributed by atoms with Gasteiger partial charge in [0.05, 0.1) is 27.3 Å². The highest BCUT2D eigenvalue weighted by Gasteiger charge is 2.31. The zero-order valence-electron chi connectivity index (χ0n) is 29.6. The summed E-state index contributed by atoms with van der Waals surface area (Å²) in [6, 6.07) is 19.7. The van der Waals surface area contributed by atoms with E-state index in [0.29, 0.717) is 35.2 Å². The van der Waals surface area contributed by atoms with E-state index in [-0.39, 0.29) is 21.8 Å². The summed E-state index contributed by atoms with van der Waals surface area (Å²) >= 11 is 12.1. The van der Waals surface area contributed by atoms with E-state index >= 15 is 0 Å². The van der Waals surface area contributed by atoms with Crippen LogP contribution in [0.25, 0.3) is 16.6 Å². The number of nitro benzene ring substituents is 1. The summed E-state index contributed by atoms with van der Waals surface area (Å²) in [5.41, 5.74) is 4.86. The lowest BCUT2D eigenvalue weighted by Crippen LogP contribution is -2.47. The molecule has 0 spiro atoms. The Kier molecular flexibility index (Phi) is 10.4. The first-order chi connectivity index (χ1) is 25.8. The number of piperazine rings is 1. The number of nitrogens with zero attached hydrogens (tertiary/aromatic N) is 4. The molecule has 2 aromatic heterocycles. The number of hydrogen-bond acceptors (Lipinski definition) is 9. The molecule has 5 aromatic rings. The summed E-state index contributed by atoms with van der Waals surface area (Å²) in [5.74, 6) is -0.472. The number of ether oxygens (including phenoxy) is 1. The molecule has 0 unspecified atom stereocenters. The quantitative estimate of drug-likeness (QED) is 0.105. The molecule has 0 radical (unpaired) electrons. The maximum absolute atomic E-state index is 13.8. The number of carbonyl (C=O) groups excluding carboxylic acids is 1. The zero-order valence-corrected chi connectivity index (χ0v) is 32.0. The van der Waals surface area contributed by atoms with E-state index in [1.54, 1.807) is 18.3 Å². The van der Waals surface area contributed by atoms with Crippen LogP contribution in [0.2, 0.25) is 10.0 Å². The van der Waals surface area contributed by atoms with Gasteiger partial charge in [-0.25, -0.2) is 18.1 Å². The molecule has 0 saturated carbocycles. The highest BCUT2D eigenvalue weighted by molar-refractivity contribution is 7.90. The molecule has 0 atom stereocenters. The molecule has 2 aliphatic rings. The first-order valence-corrected chi connectivity index (χ1v) is 19.7. The number of benzene rings is 3. The fourth-order valence-corrected chi connectivity index (χ4v) is 8.37. The van der Waals surface area contributed by atoms with Crippen LogP contribution in [0.5, 0.6) is 11.5 Å². The Labute approximate surface area is 322 Å². The Balaban J connectivity index is 1.16. The predicted molar refractivity (Wildman–Crippen MR) is 210 cm³/mol. The molecule has 1 fully saturated rings. The predicted octanol–water partition coefficient (Wildman–Crippen LogP) is 8.47. The number of nitrogens with one attached hydrogen (secondary N) is 2. The van der Waals surface area contributed by atoms with E-state index < -0.39 is 31.4 Å². The molecule has 1 aliphatic carbocycles. The fourth-order valence-electron chi connectivity index (χ4n) is 7.07. The van der Waals surface area contributed by atoms with Crippen molar-refractivity contribution >= 4 is 67.1 Å². The smallest absolute Gasteiger partial charge is 0.289 e. The van der Waals surface area contributed by atoms with Gasteiger partial charge in [-0.1, -0.05) is 60.8 Å². The van der Waals surface area contributed by atoms with Gasteiger partial charge in [-0.05, 0) is 84.3 Å².